The van der Waals surface area contributed by atoms with Crippen LogP contribution in [0.4, 0.5) is 0 Å². The van der Waals surface area contributed by atoms with Gasteiger partial charge in [0, 0.05) is 24.2 Å². The maximum absolute atomic E-state index is 13.0. The number of nitrogens with one attached hydrogen (secondary N) is 2. The summed E-state index contributed by atoms with van der Waals surface area (Å²) in [6.45, 7) is 4.40. The maximum atomic E-state index is 13.0. The molecular formula is C23H27N5O4. The second-order valence-electron chi connectivity index (χ2n) is 7.90. The van der Waals surface area contributed by atoms with E-state index in [1.54, 1.807) is 28.9 Å². The molecule has 32 heavy (non-hydrogen) atoms. The van der Waals surface area contributed by atoms with Gasteiger partial charge in [-0.3, -0.25) is 25.1 Å². The number of ether oxygens (including phenoxy) is 2. The average Bonchev–Trinajstić information content (AvgIpc) is 3.61. The Bertz CT molecular complexity index is 1180. The van der Waals surface area contributed by atoms with Crippen molar-refractivity contribution in [3.8, 4) is 11.5 Å². The lowest BCUT2D eigenvalue weighted by atomic mass is 10.1. The molecule has 2 amide bonds. The summed E-state index contributed by atoms with van der Waals surface area (Å²) in [5, 5.41) is 5.09. The van der Waals surface area contributed by atoms with Crippen LogP contribution in [0.5, 0.6) is 11.5 Å². The average molecular weight is 438 g/mol. The number of carbonyl (C=O) groups is 2. The van der Waals surface area contributed by atoms with E-state index in [0.717, 1.165) is 25.0 Å². The van der Waals surface area contributed by atoms with E-state index in [4.69, 9.17) is 14.5 Å². The van der Waals surface area contributed by atoms with Gasteiger partial charge in [-0.1, -0.05) is 6.92 Å². The number of hydrazine groups is 1. The number of hydrogen-bond donors (Lipinski definition) is 2. The van der Waals surface area contributed by atoms with E-state index in [2.05, 4.69) is 16.0 Å². The Morgan fingerprint density at radius 3 is 2.59 bits per heavy atom. The number of fused-ring (bicyclic) bond motifs is 1. The zero-order valence-corrected chi connectivity index (χ0v) is 18.7. The van der Waals surface area contributed by atoms with E-state index in [1.165, 1.54) is 7.11 Å². The first-order valence-corrected chi connectivity index (χ1v) is 10.7. The topological polar surface area (TPSA) is 107 Å². The Hall–Kier alpha value is -3.62. The van der Waals surface area contributed by atoms with Gasteiger partial charge in [0.05, 0.1) is 30.4 Å². The van der Waals surface area contributed by atoms with Crippen LogP contribution in [-0.4, -0.2) is 40.3 Å². The minimum absolute atomic E-state index is 0.335. The monoisotopic (exact) mass is 437 g/mol. The highest BCUT2D eigenvalue weighted by Crippen LogP contribution is 2.40. The molecule has 0 atom stereocenters. The van der Waals surface area contributed by atoms with Crippen LogP contribution in [-0.2, 0) is 7.05 Å². The van der Waals surface area contributed by atoms with E-state index in [-0.39, 0.29) is 0 Å². The minimum Gasteiger partial charge on any atom is -0.493 e. The normalized spacial score (nSPS) is 13.1. The van der Waals surface area contributed by atoms with Crippen LogP contribution in [0.15, 0.2) is 24.3 Å². The highest BCUT2D eigenvalue weighted by atomic mass is 16.5. The molecule has 0 bridgehead atoms. The van der Waals surface area contributed by atoms with Crippen LogP contribution < -0.4 is 20.3 Å². The summed E-state index contributed by atoms with van der Waals surface area (Å²) in [5.74, 6) is 0.506. The first-order chi connectivity index (χ1) is 15.4. The molecule has 1 aromatic carbocycles. The molecule has 9 heteroatoms. The molecule has 2 heterocycles. The van der Waals surface area contributed by atoms with Crippen LogP contribution in [0.1, 0.15) is 64.2 Å². The summed E-state index contributed by atoms with van der Waals surface area (Å²) in [6.07, 6.45) is 2.98. The minimum atomic E-state index is -0.464. The first kappa shape index (κ1) is 21.6. The zero-order valence-electron chi connectivity index (χ0n) is 18.7. The SMILES string of the molecule is CCCOc1ccc(C(=O)NNC(=O)c2cc(C3CC3)nc3c2c(C)nn3C)cc1OC. The molecule has 9 nitrogen and oxygen atoms in total. The molecule has 1 aliphatic carbocycles. The van der Waals surface area contributed by atoms with Gasteiger partial charge < -0.3 is 9.47 Å². The van der Waals surface area contributed by atoms with Crippen LogP contribution in [0, 0.1) is 6.92 Å². The number of methoxy groups -OCH3 is 1. The maximum Gasteiger partial charge on any atom is 0.270 e. The Morgan fingerprint density at radius 1 is 1.16 bits per heavy atom. The van der Waals surface area contributed by atoms with Gasteiger partial charge in [-0.2, -0.15) is 5.10 Å². The highest BCUT2D eigenvalue weighted by Gasteiger charge is 2.28. The van der Waals surface area contributed by atoms with E-state index in [0.29, 0.717) is 51.9 Å². The fraction of sp³-hybridized carbons (Fsp3) is 0.391. The number of carbonyl (C=O) groups excluding carboxylic acids is 2. The molecule has 0 radical (unpaired) electrons. The molecule has 0 unspecified atom stereocenters. The number of pyridine rings is 1. The summed E-state index contributed by atoms with van der Waals surface area (Å²) in [5.41, 5.74) is 8.04. The molecular weight excluding hydrogens is 410 g/mol. The second-order valence-corrected chi connectivity index (χ2v) is 7.90. The van der Waals surface area contributed by atoms with Gasteiger partial charge in [0.1, 0.15) is 0 Å². The van der Waals surface area contributed by atoms with Crippen LogP contribution in [0.2, 0.25) is 0 Å². The van der Waals surface area contributed by atoms with Gasteiger partial charge in [0.15, 0.2) is 17.1 Å². The van der Waals surface area contributed by atoms with Crippen molar-refractivity contribution in [3.05, 3.63) is 46.8 Å². The third-order valence-electron chi connectivity index (χ3n) is 5.41. The number of aryl methyl sites for hydroxylation is 2. The van der Waals surface area contributed by atoms with Crippen molar-refractivity contribution >= 4 is 22.8 Å². The van der Waals surface area contributed by atoms with Gasteiger partial charge in [-0.05, 0) is 50.5 Å². The summed E-state index contributed by atoms with van der Waals surface area (Å²) in [7, 11) is 3.32. The molecule has 1 saturated carbocycles. The molecule has 1 fully saturated rings. The quantitative estimate of drug-likeness (QED) is 0.550. The smallest absolute Gasteiger partial charge is 0.270 e. The van der Waals surface area contributed by atoms with Crippen molar-refractivity contribution in [2.45, 2.75) is 39.0 Å². The molecule has 2 aromatic heterocycles. The lowest BCUT2D eigenvalue weighted by Gasteiger charge is -2.13. The van der Waals surface area contributed by atoms with Crippen molar-refractivity contribution in [1.82, 2.24) is 25.6 Å². The third kappa shape index (κ3) is 4.23. The van der Waals surface area contributed by atoms with Crippen molar-refractivity contribution in [2.75, 3.05) is 13.7 Å². The van der Waals surface area contributed by atoms with Gasteiger partial charge in [-0.25, -0.2) is 4.98 Å². The van der Waals surface area contributed by atoms with E-state index >= 15 is 0 Å². The summed E-state index contributed by atoms with van der Waals surface area (Å²) < 4.78 is 12.6. The van der Waals surface area contributed by atoms with Gasteiger partial charge >= 0.3 is 0 Å². The fourth-order valence-corrected chi connectivity index (χ4v) is 3.62. The van der Waals surface area contributed by atoms with Crippen LogP contribution >= 0.6 is 0 Å². The summed E-state index contributed by atoms with van der Waals surface area (Å²) in [6, 6.07) is 6.68. The van der Waals surface area contributed by atoms with E-state index < -0.39 is 11.8 Å². The molecule has 3 aromatic rings. The number of hydrogen-bond acceptors (Lipinski definition) is 6. The van der Waals surface area contributed by atoms with E-state index in [1.807, 2.05) is 20.9 Å². The number of amides is 2. The lowest BCUT2D eigenvalue weighted by molar-refractivity contribution is 0.0847. The number of rotatable bonds is 7. The van der Waals surface area contributed by atoms with Crippen LogP contribution in [0.25, 0.3) is 11.0 Å². The Morgan fingerprint density at radius 2 is 1.91 bits per heavy atom. The standard InChI is InChI=1S/C23H27N5O4/c1-5-10-32-18-9-8-15(11-19(18)31-4)22(29)25-26-23(30)16-12-17(14-6-7-14)24-21-20(16)13(2)27-28(21)3/h8-9,11-12,14H,5-7,10H2,1-4H3,(H,25,29)(H,26,30). The van der Waals surface area contributed by atoms with Crippen LogP contribution in [0.3, 0.4) is 0 Å². The molecule has 0 aliphatic heterocycles. The van der Waals surface area contributed by atoms with Crippen molar-refractivity contribution in [1.29, 1.82) is 0 Å². The third-order valence-corrected chi connectivity index (χ3v) is 5.41. The predicted octanol–water partition coefficient (Wildman–Crippen LogP) is 3.03. The Balaban J connectivity index is 1.53. The molecule has 0 spiro atoms. The number of benzene rings is 1. The molecule has 168 valence electrons. The van der Waals surface area contributed by atoms with Crippen molar-refractivity contribution in [2.24, 2.45) is 7.05 Å². The molecule has 1 aliphatic rings. The first-order valence-electron chi connectivity index (χ1n) is 10.7. The number of aromatic nitrogens is 3. The molecule has 2 N–H and O–H groups in total. The predicted molar refractivity (Wildman–Crippen MR) is 119 cm³/mol. The number of nitrogens with zero attached hydrogens (tertiary/aromatic N) is 3. The molecule has 4 rings (SSSR count). The van der Waals surface area contributed by atoms with Crippen molar-refractivity contribution in [3.63, 3.8) is 0 Å². The van der Waals surface area contributed by atoms with Crippen molar-refractivity contribution < 1.29 is 19.1 Å². The largest absolute Gasteiger partial charge is 0.493 e. The zero-order chi connectivity index (χ0) is 22.8. The Kier molecular flexibility index (Phi) is 5.98. The van der Waals surface area contributed by atoms with Gasteiger partial charge in [-0.15, -0.1) is 0 Å². The summed E-state index contributed by atoms with van der Waals surface area (Å²) >= 11 is 0. The highest BCUT2D eigenvalue weighted by molar-refractivity contribution is 6.07. The lowest BCUT2D eigenvalue weighted by Crippen LogP contribution is -2.41. The van der Waals surface area contributed by atoms with Gasteiger partial charge in [0.25, 0.3) is 11.8 Å². The summed E-state index contributed by atoms with van der Waals surface area (Å²) in [4.78, 5) is 30.4. The Labute approximate surface area is 186 Å². The van der Waals surface area contributed by atoms with Gasteiger partial charge in [0.2, 0.25) is 0 Å². The second kappa shape index (κ2) is 8.86. The molecule has 0 saturated heterocycles. The fourth-order valence-electron chi connectivity index (χ4n) is 3.62. The van der Waals surface area contributed by atoms with E-state index in [9.17, 15) is 9.59 Å².